The highest BCUT2D eigenvalue weighted by atomic mass is 35.5. The van der Waals surface area contributed by atoms with Gasteiger partial charge in [-0.2, -0.15) is 0 Å². The van der Waals surface area contributed by atoms with Gasteiger partial charge in [-0.05, 0) is 18.2 Å². The van der Waals surface area contributed by atoms with Crippen LogP contribution in [0.3, 0.4) is 0 Å². The lowest BCUT2D eigenvalue weighted by molar-refractivity contribution is -0.115. The monoisotopic (exact) mass is 226 g/mol. The number of hydrogen-bond donors (Lipinski definition) is 2. The maximum atomic E-state index is 10.8. The van der Waals surface area contributed by atoms with Gasteiger partial charge in [-0.1, -0.05) is 11.6 Å². The number of nitrogens with one attached hydrogen (secondary N) is 2. The summed E-state index contributed by atoms with van der Waals surface area (Å²) in [7, 11) is 0. The van der Waals surface area contributed by atoms with E-state index >= 15 is 0 Å². The van der Waals surface area contributed by atoms with E-state index in [-0.39, 0.29) is 11.8 Å². The molecule has 0 atom stereocenters. The van der Waals surface area contributed by atoms with E-state index in [1.165, 1.54) is 13.8 Å². The van der Waals surface area contributed by atoms with Crippen molar-refractivity contribution in [1.29, 1.82) is 0 Å². The summed E-state index contributed by atoms with van der Waals surface area (Å²) < 4.78 is 0. The van der Waals surface area contributed by atoms with Crippen LogP contribution in [-0.2, 0) is 9.59 Å². The molecule has 5 heteroatoms. The van der Waals surface area contributed by atoms with Crippen molar-refractivity contribution in [2.45, 2.75) is 13.8 Å². The Bertz CT molecular complexity index is 404. The summed E-state index contributed by atoms with van der Waals surface area (Å²) in [6.45, 7) is 2.81. The van der Waals surface area contributed by atoms with Crippen LogP contribution in [0.25, 0.3) is 0 Å². The summed E-state index contributed by atoms with van der Waals surface area (Å²) in [5, 5.41) is 5.55. The predicted octanol–water partition coefficient (Wildman–Crippen LogP) is 2.26. The minimum atomic E-state index is -0.191. The van der Waals surface area contributed by atoms with Crippen molar-refractivity contribution < 1.29 is 9.59 Å². The number of amides is 2. The predicted molar refractivity (Wildman–Crippen MR) is 60.1 cm³/mol. The first-order chi connectivity index (χ1) is 6.99. The Morgan fingerprint density at radius 2 is 1.73 bits per heavy atom. The smallest absolute Gasteiger partial charge is 0.221 e. The zero-order valence-corrected chi connectivity index (χ0v) is 9.18. The lowest BCUT2D eigenvalue weighted by Gasteiger charge is -2.07. The first-order valence-electron chi connectivity index (χ1n) is 4.34. The molecule has 0 radical (unpaired) electrons. The van der Waals surface area contributed by atoms with Crippen LogP contribution in [-0.4, -0.2) is 11.8 Å². The topological polar surface area (TPSA) is 58.2 Å². The van der Waals surface area contributed by atoms with Crippen molar-refractivity contribution in [1.82, 2.24) is 0 Å². The zero-order valence-electron chi connectivity index (χ0n) is 8.43. The second kappa shape index (κ2) is 4.79. The van der Waals surface area contributed by atoms with E-state index in [2.05, 4.69) is 10.6 Å². The van der Waals surface area contributed by atoms with Crippen LogP contribution in [0.4, 0.5) is 11.4 Å². The molecule has 80 valence electrons. The lowest BCUT2D eigenvalue weighted by atomic mass is 10.2. The highest BCUT2D eigenvalue weighted by molar-refractivity contribution is 6.34. The fourth-order valence-electron chi connectivity index (χ4n) is 1.09. The van der Waals surface area contributed by atoms with Crippen molar-refractivity contribution in [2.24, 2.45) is 0 Å². The lowest BCUT2D eigenvalue weighted by Crippen LogP contribution is -2.08. The molecule has 0 aliphatic carbocycles. The molecule has 0 unspecified atom stereocenters. The van der Waals surface area contributed by atoms with Crippen LogP contribution < -0.4 is 10.6 Å². The average Bonchev–Trinajstić information content (AvgIpc) is 2.08. The molecule has 1 aromatic rings. The standard InChI is InChI=1S/C10H11ClN2O2/c1-6(14)12-8-3-4-10(9(11)5-8)13-7(2)15/h3-5H,1-2H3,(H,12,14)(H,13,15). The van der Waals surface area contributed by atoms with Gasteiger partial charge in [-0.15, -0.1) is 0 Å². The van der Waals surface area contributed by atoms with Gasteiger partial charge in [0.1, 0.15) is 0 Å². The quantitative estimate of drug-likeness (QED) is 0.813. The molecule has 0 fully saturated rings. The Hall–Kier alpha value is -1.55. The molecule has 0 saturated heterocycles. The van der Waals surface area contributed by atoms with Crippen LogP contribution in [0.2, 0.25) is 5.02 Å². The Morgan fingerprint density at radius 3 is 2.20 bits per heavy atom. The van der Waals surface area contributed by atoms with Crippen LogP contribution >= 0.6 is 11.6 Å². The first-order valence-corrected chi connectivity index (χ1v) is 4.71. The molecule has 1 aromatic carbocycles. The minimum Gasteiger partial charge on any atom is -0.326 e. The van der Waals surface area contributed by atoms with Gasteiger partial charge in [-0.25, -0.2) is 0 Å². The maximum absolute atomic E-state index is 10.8. The summed E-state index contributed by atoms with van der Waals surface area (Å²) in [6.07, 6.45) is 0. The van der Waals surface area contributed by atoms with Crippen molar-refractivity contribution >= 4 is 34.8 Å². The van der Waals surface area contributed by atoms with E-state index in [1.54, 1.807) is 18.2 Å². The first kappa shape index (κ1) is 11.5. The summed E-state index contributed by atoms with van der Waals surface area (Å²) in [6, 6.07) is 4.88. The van der Waals surface area contributed by atoms with Crippen LogP contribution in [0.1, 0.15) is 13.8 Å². The number of benzene rings is 1. The zero-order chi connectivity index (χ0) is 11.4. The molecule has 0 aliphatic rings. The number of rotatable bonds is 2. The van der Waals surface area contributed by atoms with E-state index in [0.29, 0.717) is 16.4 Å². The molecule has 1 rings (SSSR count). The van der Waals surface area contributed by atoms with E-state index in [9.17, 15) is 9.59 Å². The Labute approximate surface area is 92.6 Å². The third-order valence-electron chi connectivity index (χ3n) is 1.60. The molecule has 0 aliphatic heterocycles. The van der Waals surface area contributed by atoms with Crippen molar-refractivity contribution in [3.05, 3.63) is 23.2 Å². The van der Waals surface area contributed by atoms with Gasteiger partial charge in [0.15, 0.2) is 0 Å². The number of anilines is 2. The van der Waals surface area contributed by atoms with E-state index in [4.69, 9.17) is 11.6 Å². The fraction of sp³-hybridized carbons (Fsp3) is 0.200. The summed E-state index contributed by atoms with van der Waals surface area (Å²) in [5.74, 6) is -0.359. The Balaban J connectivity index is 2.87. The molecule has 0 saturated carbocycles. The molecule has 0 heterocycles. The molecule has 0 spiro atoms. The molecule has 15 heavy (non-hydrogen) atoms. The second-order valence-corrected chi connectivity index (χ2v) is 3.46. The normalized spacial score (nSPS) is 9.53. The summed E-state index contributed by atoms with van der Waals surface area (Å²) in [4.78, 5) is 21.6. The summed E-state index contributed by atoms with van der Waals surface area (Å²) >= 11 is 5.89. The van der Waals surface area contributed by atoms with Crippen molar-refractivity contribution in [3.8, 4) is 0 Å². The number of halogens is 1. The molecule has 0 aromatic heterocycles. The van der Waals surface area contributed by atoms with Crippen molar-refractivity contribution in [2.75, 3.05) is 10.6 Å². The van der Waals surface area contributed by atoms with Gasteiger partial charge in [0.05, 0.1) is 10.7 Å². The van der Waals surface area contributed by atoms with E-state index < -0.39 is 0 Å². The average molecular weight is 227 g/mol. The molecule has 4 nitrogen and oxygen atoms in total. The van der Waals surface area contributed by atoms with Gasteiger partial charge < -0.3 is 10.6 Å². The van der Waals surface area contributed by atoms with Gasteiger partial charge >= 0.3 is 0 Å². The molecule has 2 amide bonds. The Morgan fingerprint density at radius 1 is 1.13 bits per heavy atom. The van der Waals surface area contributed by atoms with Crippen LogP contribution in [0.15, 0.2) is 18.2 Å². The minimum absolute atomic E-state index is 0.168. The highest BCUT2D eigenvalue weighted by Gasteiger charge is 2.03. The van der Waals surface area contributed by atoms with E-state index in [0.717, 1.165) is 0 Å². The second-order valence-electron chi connectivity index (χ2n) is 3.06. The number of hydrogen-bond acceptors (Lipinski definition) is 2. The molecule has 2 N–H and O–H groups in total. The Kier molecular flexibility index (Phi) is 3.68. The number of carbonyl (C=O) groups excluding carboxylic acids is 2. The molecular weight excluding hydrogens is 216 g/mol. The highest BCUT2D eigenvalue weighted by Crippen LogP contribution is 2.25. The molecular formula is C10H11ClN2O2. The molecule has 0 bridgehead atoms. The third kappa shape index (κ3) is 3.59. The largest absolute Gasteiger partial charge is 0.326 e. The maximum Gasteiger partial charge on any atom is 0.221 e. The van der Waals surface area contributed by atoms with E-state index in [1.807, 2.05) is 0 Å². The van der Waals surface area contributed by atoms with Gasteiger partial charge in [-0.3, -0.25) is 9.59 Å². The van der Waals surface area contributed by atoms with Gasteiger partial charge in [0.25, 0.3) is 0 Å². The van der Waals surface area contributed by atoms with Crippen molar-refractivity contribution in [3.63, 3.8) is 0 Å². The van der Waals surface area contributed by atoms with Crippen LogP contribution in [0.5, 0.6) is 0 Å². The third-order valence-corrected chi connectivity index (χ3v) is 1.91. The number of carbonyl (C=O) groups is 2. The van der Waals surface area contributed by atoms with Gasteiger partial charge in [0.2, 0.25) is 11.8 Å². The summed E-state index contributed by atoms with van der Waals surface area (Å²) in [5.41, 5.74) is 1.12. The SMILES string of the molecule is CC(=O)Nc1ccc(NC(C)=O)c(Cl)c1. The fourth-order valence-corrected chi connectivity index (χ4v) is 1.31. The van der Waals surface area contributed by atoms with Crippen LogP contribution in [0, 0.1) is 0 Å². The van der Waals surface area contributed by atoms with Gasteiger partial charge in [0, 0.05) is 19.5 Å².